The van der Waals surface area contributed by atoms with Crippen LogP contribution in [0, 0.1) is 5.92 Å². The number of benzene rings is 1. The number of aromatic hydroxyl groups is 1. The number of phenols is 1. The molecule has 0 unspecified atom stereocenters. The molecule has 4 heterocycles. The van der Waals surface area contributed by atoms with Crippen molar-refractivity contribution in [2.75, 3.05) is 13.6 Å². The zero-order valence-electron chi connectivity index (χ0n) is 18.9. The van der Waals surface area contributed by atoms with E-state index in [-0.39, 0.29) is 22.9 Å². The smallest absolute Gasteiger partial charge is 0.206 e. The molecule has 3 aliphatic heterocycles. The van der Waals surface area contributed by atoms with Crippen molar-refractivity contribution in [2.45, 2.75) is 67.2 Å². The second kappa shape index (κ2) is 7.45. The van der Waals surface area contributed by atoms with Crippen molar-refractivity contribution in [1.29, 1.82) is 0 Å². The van der Waals surface area contributed by atoms with E-state index in [1.54, 1.807) is 6.07 Å². The Hall–Kier alpha value is -2.61. The minimum Gasteiger partial charge on any atom is -0.504 e. The third-order valence-electron chi connectivity index (χ3n) is 8.61. The number of nitrogens with zero attached hydrogens (tertiary/aromatic N) is 4. The molecule has 1 aromatic heterocycles. The summed E-state index contributed by atoms with van der Waals surface area (Å²) in [5, 5.41) is 55.8. The quantitative estimate of drug-likeness (QED) is 0.336. The molecule has 35 heavy (non-hydrogen) atoms. The number of rotatable bonds is 3. The molecule has 2 aromatic rings. The number of hydrogen-bond acceptors (Lipinski definition) is 11. The Labute approximate surface area is 200 Å². The van der Waals surface area contributed by atoms with Crippen LogP contribution in [0.5, 0.6) is 11.5 Å². The van der Waals surface area contributed by atoms with E-state index in [2.05, 4.69) is 38.6 Å². The first-order valence-corrected chi connectivity index (χ1v) is 11.9. The van der Waals surface area contributed by atoms with Crippen LogP contribution in [0.4, 0.5) is 0 Å². The number of aliphatic hydroxyl groups excluding tert-OH is 3. The first kappa shape index (κ1) is 21.7. The zero-order chi connectivity index (χ0) is 24.1. The molecule has 0 radical (unpaired) electrons. The second-order valence-corrected chi connectivity index (χ2v) is 10.2. The summed E-state index contributed by atoms with van der Waals surface area (Å²) >= 11 is 0. The molecule has 1 spiro atoms. The summed E-state index contributed by atoms with van der Waals surface area (Å²) in [4.78, 5) is 2.38. The summed E-state index contributed by atoms with van der Waals surface area (Å²) in [5.74, 6) is 0.827. The zero-order valence-corrected chi connectivity index (χ0v) is 18.9. The highest BCUT2D eigenvalue weighted by molar-refractivity contribution is 5.61. The van der Waals surface area contributed by atoms with Crippen molar-refractivity contribution in [2.24, 2.45) is 5.92 Å². The molecule has 2 fully saturated rings. The molecule has 10 atom stereocenters. The topological polar surface area (TPSA) is 166 Å². The number of ether oxygens (including phenoxy) is 3. The van der Waals surface area contributed by atoms with E-state index >= 15 is 0 Å². The largest absolute Gasteiger partial charge is 0.504 e. The van der Waals surface area contributed by atoms with Gasteiger partial charge in [0, 0.05) is 22.9 Å². The van der Waals surface area contributed by atoms with Crippen molar-refractivity contribution in [3.8, 4) is 11.5 Å². The number of aromatic nitrogens is 4. The van der Waals surface area contributed by atoms with E-state index in [9.17, 15) is 20.4 Å². The van der Waals surface area contributed by atoms with Crippen LogP contribution in [-0.4, -0.2) is 102 Å². The summed E-state index contributed by atoms with van der Waals surface area (Å²) in [5.41, 5.74) is 1.84. The predicted octanol–water partition coefficient (Wildman–Crippen LogP) is -1.08. The lowest BCUT2D eigenvalue weighted by Crippen LogP contribution is -2.66. The first-order chi connectivity index (χ1) is 16.9. The maximum atomic E-state index is 10.7. The summed E-state index contributed by atoms with van der Waals surface area (Å²) in [6, 6.07) is 3.97. The summed E-state index contributed by atoms with van der Waals surface area (Å²) < 4.78 is 18.6. The monoisotopic (exact) mass is 485 g/mol. The molecule has 12 nitrogen and oxygen atoms in total. The fourth-order valence-corrected chi connectivity index (χ4v) is 6.96. The molecule has 5 N–H and O–H groups in total. The lowest BCUT2D eigenvalue weighted by atomic mass is 9.53. The third-order valence-corrected chi connectivity index (χ3v) is 8.61. The number of hydrogen-bond donors (Lipinski definition) is 5. The van der Waals surface area contributed by atoms with E-state index < -0.39 is 42.9 Å². The van der Waals surface area contributed by atoms with Gasteiger partial charge in [-0.3, -0.25) is 0 Å². The maximum absolute atomic E-state index is 10.7. The highest BCUT2D eigenvalue weighted by atomic mass is 16.7. The van der Waals surface area contributed by atoms with E-state index in [1.807, 2.05) is 12.1 Å². The Morgan fingerprint density at radius 3 is 2.83 bits per heavy atom. The van der Waals surface area contributed by atoms with Gasteiger partial charge in [0.1, 0.15) is 30.5 Å². The molecular weight excluding hydrogens is 458 g/mol. The lowest BCUT2D eigenvalue weighted by molar-refractivity contribution is -0.314. The van der Waals surface area contributed by atoms with Crippen molar-refractivity contribution < 1.29 is 34.6 Å². The van der Waals surface area contributed by atoms with Crippen LogP contribution in [0.1, 0.15) is 29.5 Å². The van der Waals surface area contributed by atoms with Crippen molar-refractivity contribution in [3.63, 3.8) is 0 Å². The molecule has 5 aliphatic rings. The maximum Gasteiger partial charge on any atom is 0.206 e. The fourth-order valence-electron chi connectivity index (χ4n) is 6.96. The number of aromatic amines is 1. The number of H-pyrrole nitrogens is 1. The Morgan fingerprint density at radius 2 is 2.03 bits per heavy atom. The van der Waals surface area contributed by atoms with Crippen LogP contribution in [0.3, 0.4) is 0 Å². The molecule has 2 saturated heterocycles. The van der Waals surface area contributed by atoms with Crippen LogP contribution in [0.25, 0.3) is 0 Å². The molecule has 0 amide bonds. The number of likely N-dealkylation sites (tertiary alicyclic amines) is 1. The van der Waals surface area contributed by atoms with E-state index in [0.717, 1.165) is 24.9 Å². The van der Waals surface area contributed by atoms with Gasteiger partial charge in [-0.15, -0.1) is 10.2 Å². The Balaban J connectivity index is 1.25. The van der Waals surface area contributed by atoms with E-state index in [4.69, 9.17) is 14.2 Å². The predicted molar refractivity (Wildman–Crippen MR) is 116 cm³/mol. The third kappa shape index (κ3) is 2.80. The van der Waals surface area contributed by atoms with Crippen LogP contribution < -0.4 is 4.74 Å². The van der Waals surface area contributed by atoms with Gasteiger partial charge in [0.2, 0.25) is 5.82 Å². The molecule has 7 rings (SSSR count). The van der Waals surface area contributed by atoms with Gasteiger partial charge in [-0.05, 0) is 38.1 Å². The average molecular weight is 485 g/mol. The SMILES string of the molecule is CN1CC[C@]23c4c5ccc(O)c4O[C@H]2[C@@H](O[C@@H]2O[C@H](c4nn[nH]n4)[C@@H](O)[C@H](O)[C@H]2O)C=C[C@H]3[C@H]1C5. The Bertz CT molecular complexity index is 1180. The van der Waals surface area contributed by atoms with Crippen LogP contribution in [0.2, 0.25) is 0 Å². The summed E-state index contributed by atoms with van der Waals surface area (Å²) in [7, 11) is 2.14. The minimum atomic E-state index is -1.55. The first-order valence-electron chi connectivity index (χ1n) is 11.9. The normalized spacial score (nSPS) is 43.6. The number of nitrogens with one attached hydrogen (secondary N) is 1. The summed E-state index contributed by atoms with van der Waals surface area (Å²) in [6.45, 7) is 0.878. The van der Waals surface area contributed by atoms with E-state index in [1.165, 1.54) is 5.56 Å². The number of tetrazole rings is 1. The van der Waals surface area contributed by atoms with Crippen LogP contribution >= 0.6 is 0 Å². The van der Waals surface area contributed by atoms with Crippen molar-refractivity contribution >= 4 is 0 Å². The highest BCUT2D eigenvalue weighted by Gasteiger charge is 2.65. The van der Waals surface area contributed by atoms with Crippen LogP contribution in [0.15, 0.2) is 24.3 Å². The minimum absolute atomic E-state index is 0.0411. The standard InChI is InChI=1S/C23H27N5O7/c1-28-7-6-23-10-3-5-13(20(23)34-18-12(29)4-2-9(14(18)23)8-11(10)28)33-22-17(32)15(30)16(31)19(35-22)21-24-26-27-25-21/h2-5,10-11,13,15-17,19-20,22,29-32H,6-8H2,1H3,(H,24,25,26,27)/t10-,11+,13-,15-,16-,17+,19-,20-,22+,23-/m0/s1. The van der Waals surface area contributed by atoms with Crippen molar-refractivity contribution in [3.05, 3.63) is 41.2 Å². The summed E-state index contributed by atoms with van der Waals surface area (Å²) in [6.07, 6.45) is -2.28. The van der Waals surface area contributed by atoms with Crippen molar-refractivity contribution in [1.82, 2.24) is 25.5 Å². The second-order valence-electron chi connectivity index (χ2n) is 10.2. The molecular formula is C23H27N5O7. The molecule has 2 bridgehead atoms. The molecule has 2 aliphatic carbocycles. The average Bonchev–Trinajstić information content (AvgIpc) is 3.50. The number of piperidine rings is 1. The molecule has 0 saturated carbocycles. The van der Waals surface area contributed by atoms with Gasteiger partial charge < -0.3 is 39.5 Å². The highest BCUT2D eigenvalue weighted by Crippen LogP contribution is 2.62. The van der Waals surface area contributed by atoms with Crippen LogP contribution in [-0.2, 0) is 21.3 Å². The molecule has 12 heteroatoms. The molecule has 186 valence electrons. The van der Waals surface area contributed by atoms with Gasteiger partial charge in [-0.1, -0.05) is 23.4 Å². The number of phenolic OH excluding ortho intramolecular Hbond substituents is 1. The van der Waals surface area contributed by atoms with Gasteiger partial charge in [0.05, 0.1) is 0 Å². The molecule has 1 aromatic carbocycles. The Morgan fingerprint density at radius 1 is 1.17 bits per heavy atom. The fraction of sp³-hybridized carbons (Fsp3) is 0.609. The van der Waals surface area contributed by atoms with Gasteiger partial charge >= 0.3 is 0 Å². The van der Waals surface area contributed by atoms with Gasteiger partial charge in [0.15, 0.2) is 23.9 Å². The van der Waals surface area contributed by atoms with Gasteiger partial charge in [-0.25, -0.2) is 0 Å². The van der Waals surface area contributed by atoms with Gasteiger partial charge in [-0.2, -0.15) is 5.21 Å². The lowest BCUT2D eigenvalue weighted by Gasteiger charge is -2.57. The number of likely N-dealkylation sites (N-methyl/N-ethyl adjacent to an activating group) is 1. The number of aliphatic hydroxyl groups is 3. The van der Waals surface area contributed by atoms with E-state index in [0.29, 0.717) is 11.8 Å². The van der Waals surface area contributed by atoms with Gasteiger partial charge in [0.25, 0.3) is 0 Å². The Kier molecular flexibility index (Phi) is 4.61.